The highest BCUT2D eigenvalue weighted by molar-refractivity contribution is 4.87. The molecule has 0 aromatic rings. The summed E-state index contributed by atoms with van der Waals surface area (Å²) < 4.78 is 0. The molecule has 0 nitrogen and oxygen atoms in total. The maximum absolute atomic E-state index is 2.56. The molecule has 1 saturated carbocycles. The summed E-state index contributed by atoms with van der Waals surface area (Å²) in [4.78, 5) is 0. The van der Waals surface area contributed by atoms with Crippen LogP contribution in [-0.2, 0) is 0 Å². The predicted octanol–water partition coefficient (Wildman–Crippen LogP) is 6.30. The standard InChI is InChI=1S/C18H36/c1-8-16(4)18(7)12-14(2)9-10-17(5,6)11-15(3)13-18/h14-16H,8-13H2,1-7H3. The van der Waals surface area contributed by atoms with E-state index >= 15 is 0 Å². The van der Waals surface area contributed by atoms with Gasteiger partial charge in [-0.05, 0) is 54.3 Å². The van der Waals surface area contributed by atoms with Gasteiger partial charge >= 0.3 is 0 Å². The van der Waals surface area contributed by atoms with Crippen LogP contribution in [0.3, 0.4) is 0 Å². The largest absolute Gasteiger partial charge is 0.0651 e. The van der Waals surface area contributed by atoms with E-state index < -0.39 is 0 Å². The summed E-state index contributed by atoms with van der Waals surface area (Å²) in [6.45, 7) is 17.3. The molecule has 0 bridgehead atoms. The lowest BCUT2D eigenvalue weighted by molar-refractivity contribution is 0.111. The second kappa shape index (κ2) is 5.97. The molecule has 108 valence electrons. The number of rotatable bonds is 2. The molecule has 0 spiro atoms. The molecule has 0 aromatic carbocycles. The van der Waals surface area contributed by atoms with Gasteiger partial charge in [-0.3, -0.25) is 0 Å². The summed E-state index contributed by atoms with van der Waals surface area (Å²) in [6.07, 6.45) is 8.43. The van der Waals surface area contributed by atoms with Crippen molar-refractivity contribution in [3.63, 3.8) is 0 Å². The van der Waals surface area contributed by atoms with E-state index in [1.807, 2.05) is 0 Å². The Hall–Kier alpha value is 0. The summed E-state index contributed by atoms with van der Waals surface area (Å²) in [5.41, 5.74) is 1.11. The van der Waals surface area contributed by atoms with E-state index in [0.717, 1.165) is 17.8 Å². The van der Waals surface area contributed by atoms with Gasteiger partial charge in [0, 0.05) is 0 Å². The Balaban J connectivity index is 2.88. The highest BCUT2D eigenvalue weighted by Crippen LogP contribution is 2.47. The first kappa shape index (κ1) is 16.1. The summed E-state index contributed by atoms with van der Waals surface area (Å²) in [7, 11) is 0. The molecular weight excluding hydrogens is 216 g/mol. The first-order valence-electron chi connectivity index (χ1n) is 8.18. The van der Waals surface area contributed by atoms with Crippen LogP contribution in [0.25, 0.3) is 0 Å². The number of hydrogen-bond donors (Lipinski definition) is 0. The van der Waals surface area contributed by atoms with Gasteiger partial charge in [0.15, 0.2) is 0 Å². The van der Waals surface area contributed by atoms with E-state index in [0.29, 0.717) is 10.8 Å². The van der Waals surface area contributed by atoms with Crippen LogP contribution < -0.4 is 0 Å². The average molecular weight is 252 g/mol. The van der Waals surface area contributed by atoms with E-state index in [1.54, 1.807) is 0 Å². The highest BCUT2D eigenvalue weighted by Gasteiger charge is 2.36. The van der Waals surface area contributed by atoms with Crippen molar-refractivity contribution in [2.45, 2.75) is 87.0 Å². The molecule has 0 heterocycles. The van der Waals surface area contributed by atoms with Gasteiger partial charge in [-0.25, -0.2) is 0 Å². The van der Waals surface area contributed by atoms with Crippen LogP contribution in [0.1, 0.15) is 87.0 Å². The molecule has 0 heteroatoms. The molecule has 0 amide bonds. The molecule has 1 aliphatic carbocycles. The predicted molar refractivity (Wildman–Crippen MR) is 82.8 cm³/mol. The molecule has 0 aliphatic heterocycles. The van der Waals surface area contributed by atoms with Crippen LogP contribution >= 0.6 is 0 Å². The lowest BCUT2D eigenvalue weighted by atomic mass is 9.66. The lowest BCUT2D eigenvalue weighted by Crippen LogP contribution is -2.29. The van der Waals surface area contributed by atoms with Gasteiger partial charge in [-0.2, -0.15) is 0 Å². The van der Waals surface area contributed by atoms with Gasteiger partial charge in [0.1, 0.15) is 0 Å². The third kappa shape index (κ3) is 4.28. The zero-order valence-electron chi connectivity index (χ0n) is 14.0. The highest BCUT2D eigenvalue weighted by atomic mass is 14.4. The van der Waals surface area contributed by atoms with Gasteiger partial charge in [-0.15, -0.1) is 0 Å². The molecule has 0 N–H and O–H groups in total. The summed E-state index contributed by atoms with van der Waals surface area (Å²) >= 11 is 0. The van der Waals surface area contributed by atoms with Gasteiger partial charge in [0.25, 0.3) is 0 Å². The van der Waals surface area contributed by atoms with Crippen LogP contribution in [0.4, 0.5) is 0 Å². The SMILES string of the molecule is CCC(C)C1(C)CC(C)CCC(C)(C)CC(C)C1. The van der Waals surface area contributed by atoms with Crippen LogP contribution in [0.15, 0.2) is 0 Å². The van der Waals surface area contributed by atoms with Crippen molar-refractivity contribution in [1.29, 1.82) is 0 Å². The molecule has 1 fully saturated rings. The minimum absolute atomic E-state index is 0.550. The van der Waals surface area contributed by atoms with Crippen molar-refractivity contribution in [3.05, 3.63) is 0 Å². The van der Waals surface area contributed by atoms with E-state index in [1.165, 1.54) is 38.5 Å². The summed E-state index contributed by atoms with van der Waals surface area (Å²) in [5, 5.41) is 0. The molecule has 1 rings (SSSR count). The monoisotopic (exact) mass is 252 g/mol. The minimum Gasteiger partial charge on any atom is -0.0651 e. The maximum Gasteiger partial charge on any atom is -0.0295 e. The van der Waals surface area contributed by atoms with Crippen LogP contribution in [-0.4, -0.2) is 0 Å². The fourth-order valence-corrected chi connectivity index (χ4v) is 4.43. The zero-order chi connectivity index (χ0) is 14.0. The molecule has 4 unspecified atom stereocenters. The zero-order valence-corrected chi connectivity index (χ0v) is 14.0. The van der Waals surface area contributed by atoms with E-state index in [4.69, 9.17) is 0 Å². The normalized spacial score (nSPS) is 39.5. The average Bonchev–Trinajstić information content (AvgIpc) is 2.26. The first-order chi connectivity index (χ1) is 8.18. The van der Waals surface area contributed by atoms with Gasteiger partial charge in [0.05, 0.1) is 0 Å². The molecule has 0 radical (unpaired) electrons. The molecular formula is C18H36. The van der Waals surface area contributed by atoms with Crippen molar-refractivity contribution in [3.8, 4) is 0 Å². The fraction of sp³-hybridized carbons (Fsp3) is 1.00. The minimum atomic E-state index is 0.550. The Bertz CT molecular complexity index is 253. The first-order valence-corrected chi connectivity index (χ1v) is 8.18. The Labute approximate surface area is 116 Å². The van der Waals surface area contributed by atoms with Crippen molar-refractivity contribution < 1.29 is 0 Å². The van der Waals surface area contributed by atoms with Gasteiger partial charge in [-0.1, -0.05) is 61.3 Å². The Kier molecular flexibility index (Phi) is 5.32. The van der Waals surface area contributed by atoms with E-state index in [2.05, 4.69) is 48.5 Å². The van der Waals surface area contributed by atoms with E-state index in [-0.39, 0.29) is 0 Å². The topological polar surface area (TPSA) is 0 Å². The van der Waals surface area contributed by atoms with E-state index in [9.17, 15) is 0 Å². The van der Waals surface area contributed by atoms with Crippen LogP contribution in [0, 0.1) is 28.6 Å². The second-order valence-corrected chi connectivity index (χ2v) is 8.49. The van der Waals surface area contributed by atoms with Crippen LogP contribution in [0.5, 0.6) is 0 Å². The lowest BCUT2D eigenvalue weighted by Gasteiger charge is -2.39. The molecule has 0 aromatic heterocycles. The third-order valence-corrected chi connectivity index (χ3v) is 5.65. The molecule has 18 heavy (non-hydrogen) atoms. The van der Waals surface area contributed by atoms with Gasteiger partial charge in [0.2, 0.25) is 0 Å². The Morgan fingerprint density at radius 3 is 2.11 bits per heavy atom. The maximum atomic E-state index is 2.56. The quantitative estimate of drug-likeness (QED) is 0.541. The second-order valence-electron chi connectivity index (χ2n) is 8.49. The smallest absolute Gasteiger partial charge is 0.0295 e. The van der Waals surface area contributed by atoms with Crippen molar-refractivity contribution in [1.82, 2.24) is 0 Å². The van der Waals surface area contributed by atoms with Crippen molar-refractivity contribution >= 4 is 0 Å². The van der Waals surface area contributed by atoms with Crippen molar-refractivity contribution in [2.24, 2.45) is 28.6 Å². The van der Waals surface area contributed by atoms with Crippen molar-refractivity contribution in [2.75, 3.05) is 0 Å². The Morgan fingerprint density at radius 2 is 1.56 bits per heavy atom. The molecule has 1 aliphatic rings. The summed E-state index contributed by atoms with van der Waals surface area (Å²) in [6, 6.07) is 0. The van der Waals surface area contributed by atoms with Crippen LogP contribution in [0.2, 0.25) is 0 Å². The number of hydrogen-bond acceptors (Lipinski definition) is 0. The Morgan fingerprint density at radius 1 is 1.00 bits per heavy atom. The molecule has 0 saturated heterocycles. The summed E-state index contributed by atoms with van der Waals surface area (Å²) in [5.74, 6) is 2.64. The third-order valence-electron chi connectivity index (χ3n) is 5.65. The fourth-order valence-electron chi connectivity index (χ4n) is 4.43. The van der Waals surface area contributed by atoms with Gasteiger partial charge < -0.3 is 0 Å². The molecule has 4 atom stereocenters.